The Hall–Kier alpha value is -0.775. The minimum Gasteiger partial charge on any atom is -0.320 e. The first-order chi connectivity index (χ1) is 7.06. The van der Waals surface area contributed by atoms with E-state index >= 15 is 0 Å². The van der Waals surface area contributed by atoms with Crippen LogP contribution in [0.3, 0.4) is 0 Å². The Morgan fingerprint density at radius 1 is 1.47 bits per heavy atom. The zero-order chi connectivity index (χ0) is 11.1. The van der Waals surface area contributed by atoms with Gasteiger partial charge < -0.3 is 4.57 Å². The van der Waals surface area contributed by atoms with E-state index in [9.17, 15) is 8.42 Å². The highest BCUT2D eigenvalue weighted by Crippen LogP contribution is 2.18. The van der Waals surface area contributed by atoms with Crippen LogP contribution >= 0.6 is 0 Å². The third-order valence-corrected chi connectivity index (χ3v) is 4.73. The van der Waals surface area contributed by atoms with Gasteiger partial charge in [-0.3, -0.25) is 0 Å². The molecule has 1 aromatic heterocycles. The molecule has 0 radical (unpaired) electrons. The number of aromatic nitrogens is 2. The van der Waals surface area contributed by atoms with Gasteiger partial charge in [0.1, 0.15) is 10.9 Å². The van der Waals surface area contributed by atoms with E-state index in [1.54, 1.807) is 14.8 Å². The molecular weight excluding hydrogens is 211 g/mol. The van der Waals surface area contributed by atoms with Gasteiger partial charge >= 0.3 is 0 Å². The summed E-state index contributed by atoms with van der Waals surface area (Å²) in [6, 6.07) is 0. The number of nitrogens with zero attached hydrogens (tertiary/aromatic N) is 2. The van der Waals surface area contributed by atoms with E-state index < -0.39 is 9.84 Å². The Kier molecular flexibility index (Phi) is 2.62. The number of fused-ring (bicyclic) bond motifs is 1. The van der Waals surface area contributed by atoms with Gasteiger partial charge in [0.25, 0.3) is 0 Å². The molecule has 15 heavy (non-hydrogen) atoms. The summed E-state index contributed by atoms with van der Waals surface area (Å²) in [4.78, 5) is 4.35. The maximum Gasteiger partial charge on any atom is 0.194 e. The lowest BCUT2D eigenvalue weighted by atomic mass is 10.1. The first-order valence-electron chi connectivity index (χ1n) is 5.35. The third-order valence-electron chi connectivity index (χ3n) is 2.87. The van der Waals surface area contributed by atoms with E-state index in [-0.39, 0.29) is 5.75 Å². The zero-order valence-corrected chi connectivity index (χ0v) is 9.97. The van der Waals surface area contributed by atoms with E-state index in [0.29, 0.717) is 10.6 Å². The lowest BCUT2D eigenvalue weighted by molar-refractivity contribution is 0.488. The fourth-order valence-electron chi connectivity index (χ4n) is 2.12. The van der Waals surface area contributed by atoms with E-state index in [0.717, 1.165) is 31.6 Å². The van der Waals surface area contributed by atoms with Gasteiger partial charge in [-0.2, -0.15) is 0 Å². The lowest BCUT2D eigenvalue weighted by Gasteiger charge is -2.16. The quantitative estimate of drug-likeness (QED) is 0.625. The molecule has 2 rings (SSSR count). The minimum atomic E-state index is -3.13. The molecule has 0 saturated carbocycles. The van der Waals surface area contributed by atoms with Crippen molar-refractivity contribution in [1.82, 2.24) is 9.55 Å². The van der Waals surface area contributed by atoms with E-state index in [4.69, 9.17) is 0 Å². The summed E-state index contributed by atoms with van der Waals surface area (Å²) in [6.07, 6.45) is 3.07. The predicted molar refractivity (Wildman–Crippen MR) is 61.1 cm³/mol. The van der Waals surface area contributed by atoms with Crippen molar-refractivity contribution in [3.8, 4) is 0 Å². The van der Waals surface area contributed by atoms with Crippen LogP contribution in [0.15, 0.2) is 5.03 Å². The largest absolute Gasteiger partial charge is 0.320 e. The topological polar surface area (TPSA) is 52.0 Å². The van der Waals surface area contributed by atoms with Gasteiger partial charge in [-0.15, -0.1) is 0 Å². The van der Waals surface area contributed by atoms with E-state index in [1.165, 1.54) is 0 Å². The van der Waals surface area contributed by atoms with Crippen molar-refractivity contribution in [3.63, 3.8) is 0 Å². The van der Waals surface area contributed by atoms with Gasteiger partial charge in [0, 0.05) is 18.6 Å². The number of aryl methyl sites for hydroxylation is 1. The van der Waals surface area contributed by atoms with Crippen LogP contribution in [0.25, 0.3) is 0 Å². The highest BCUT2D eigenvalue weighted by molar-refractivity contribution is 7.91. The normalized spacial score (nSPS) is 16.3. The Morgan fingerprint density at radius 2 is 2.20 bits per heavy atom. The molecule has 0 atom stereocenters. The first kappa shape index (κ1) is 10.7. The third kappa shape index (κ3) is 1.71. The van der Waals surface area contributed by atoms with Gasteiger partial charge in [-0.1, -0.05) is 6.92 Å². The second-order valence-corrected chi connectivity index (χ2v) is 6.12. The molecule has 82 valence electrons. The Labute approximate surface area is 91.0 Å². The molecule has 1 aliphatic rings. The van der Waals surface area contributed by atoms with Gasteiger partial charge in [0.2, 0.25) is 0 Å². The number of hydrogen-bond acceptors (Lipinski definition) is 3. The Morgan fingerprint density at radius 3 is 2.87 bits per heavy atom. The monoisotopic (exact) mass is 226 g/mol. The van der Waals surface area contributed by atoms with E-state index in [2.05, 4.69) is 4.98 Å². The molecule has 0 fully saturated rings. The molecule has 0 bridgehead atoms. The standard InChI is InChI=1S/C9H15BN2O2S/c1-2-15(13,14)9-8(10)11-7-5-3-4-6-12(7)9/h2-6,10H2,1H3. The summed E-state index contributed by atoms with van der Waals surface area (Å²) in [5, 5.41) is 0.444. The average molecular weight is 226 g/mol. The Balaban J connectivity index is 2.61. The number of imidazole rings is 1. The Bertz CT molecular complexity index is 479. The number of sulfone groups is 1. The maximum atomic E-state index is 11.9. The molecule has 0 saturated heterocycles. The first-order valence-corrected chi connectivity index (χ1v) is 7.00. The summed E-state index contributed by atoms with van der Waals surface area (Å²) in [6.45, 7) is 2.47. The molecule has 0 unspecified atom stereocenters. The molecule has 0 amide bonds. The molecular formula is C9H15BN2O2S. The second-order valence-electron chi connectivity index (χ2n) is 3.93. The van der Waals surface area contributed by atoms with Crippen LogP contribution in [-0.4, -0.2) is 31.6 Å². The van der Waals surface area contributed by atoms with Crippen LogP contribution in [0, 0.1) is 0 Å². The smallest absolute Gasteiger partial charge is 0.194 e. The zero-order valence-electron chi connectivity index (χ0n) is 9.15. The second kappa shape index (κ2) is 3.66. The fourth-order valence-corrected chi connectivity index (χ4v) is 3.42. The van der Waals surface area contributed by atoms with Crippen LogP contribution in [-0.2, 0) is 22.8 Å². The van der Waals surface area contributed by atoms with Crippen molar-refractivity contribution in [1.29, 1.82) is 0 Å². The summed E-state index contributed by atoms with van der Waals surface area (Å²) < 4.78 is 25.7. The SMILES string of the molecule is Bc1nc2n(c1S(=O)(=O)CC)CCCC2. The van der Waals surface area contributed by atoms with Crippen LogP contribution < -0.4 is 5.59 Å². The van der Waals surface area contributed by atoms with Crippen molar-refractivity contribution in [3.05, 3.63) is 5.82 Å². The van der Waals surface area contributed by atoms with Crippen LogP contribution in [0.2, 0.25) is 0 Å². The fraction of sp³-hybridized carbons (Fsp3) is 0.667. The highest BCUT2D eigenvalue weighted by Gasteiger charge is 2.25. The molecule has 4 nitrogen and oxygen atoms in total. The maximum absolute atomic E-state index is 11.9. The van der Waals surface area contributed by atoms with Crippen molar-refractivity contribution < 1.29 is 8.42 Å². The minimum absolute atomic E-state index is 0.152. The molecule has 2 heterocycles. The molecule has 0 N–H and O–H groups in total. The molecule has 1 aliphatic heterocycles. The van der Waals surface area contributed by atoms with Gasteiger partial charge in [0.15, 0.2) is 17.7 Å². The van der Waals surface area contributed by atoms with Crippen molar-refractivity contribution >= 4 is 23.3 Å². The molecule has 0 aromatic carbocycles. The molecule has 0 spiro atoms. The van der Waals surface area contributed by atoms with E-state index in [1.807, 2.05) is 4.57 Å². The van der Waals surface area contributed by atoms with Crippen LogP contribution in [0.5, 0.6) is 0 Å². The number of hydrogen-bond donors (Lipinski definition) is 0. The summed E-state index contributed by atoms with van der Waals surface area (Å²) in [5.41, 5.74) is 0.661. The van der Waals surface area contributed by atoms with Gasteiger partial charge in [-0.25, -0.2) is 13.4 Å². The van der Waals surface area contributed by atoms with Crippen molar-refractivity contribution in [2.24, 2.45) is 0 Å². The van der Waals surface area contributed by atoms with Gasteiger partial charge in [0.05, 0.1) is 5.75 Å². The molecule has 6 heteroatoms. The van der Waals surface area contributed by atoms with Crippen LogP contribution in [0.4, 0.5) is 0 Å². The van der Waals surface area contributed by atoms with Crippen molar-refractivity contribution in [2.45, 2.75) is 37.8 Å². The van der Waals surface area contributed by atoms with Gasteiger partial charge in [-0.05, 0) is 12.8 Å². The van der Waals surface area contributed by atoms with Crippen molar-refractivity contribution in [2.75, 3.05) is 5.75 Å². The summed E-state index contributed by atoms with van der Waals surface area (Å²) in [5.74, 6) is 1.09. The lowest BCUT2D eigenvalue weighted by Crippen LogP contribution is -2.21. The predicted octanol–water partition coefficient (Wildman–Crippen LogP) is -0.729. The molecule has 1 aromatic rings. The average Bonchev–Trinajstić information content (AvgIpc) is 2.54. The molecule has 0 aliphatic carbocycles. The van der Waals surface area contributed by atoms with Crippen LogP contribution in [0.1, 0.15) is 25.6 Å². The highest BCUT2D eigenvalue weighted by atomic mass is 32.2. The summed E-state index contributed by atoms with van der Waals surface area (Å²) >= 11 is 0. The number of rotatable bonds is 2. The summed E-state index contributed by atoms with van der Waals surface area (Å²) in [7, 11) is -1.34.